The van der Waals surface area contributed by atoms with Crippen molar-refractivity contribution in [2.75, 3.05) is 0 Å². The molecule has 6 rings (SSSR count). The summed E-state index contributed by atoms with van der Waals surface area (Å²) < 4.78 is 4.05. The smallest absolute Gasteiger partial charge is 0.423 e. The molecular weight excluding hydrogens is 522 g/mol. The van der Waals surface area contributed by atoms with E-state index in [1.165, 1.54) is 0 Å². The number of hydrogen-bond acceptors (Lipinski definition) is 4. The summed E-state index contributed by atoms with van der Waals surface area (Å²) in [6.07, 6.45) is 8.04. The molecule has 0 saturated heterocycles. The van der Waals surface area contributed by atoms with Crippen molar-refractivity contribution in [2.24, 2.45) is 0 Å². The molecule has 0 saturated carbocycles. The number of aromatic nitrogens is 2. The van der Waals surface area contributed by atoms with Crippen molar-refractivity contribution in [2.45, 2.75) is 13.1 Å². The Morgan fingerprint density at radius 2 is 0.833 bits per heavy atom. The monoisotopic (exact) mass is 552 g/mol. The first-order valence-corrected chi connectivity index (χ1v) is 13.9. The summed E-state index contributed by atoms with van der Waals surface area (Å²) in [6, 6.07) is 35.9. The lowest BCUT2D eigenvalue weighted by Crippen LogP contribution is -2.40. The molecule has 6 nitrogen and oxygen atoms in total. The molecule has 8 heteroatoms. The molecule has 0 bridgehead atoms. The first kappa shape index (κ1) is 27.6. The lowest BCUT2D eigenvalue weighted by atomic mass is 9.77. The van der Waals surface area contributed by atoms with Gasteiger partial charge in [0, 0.05) is 35.4 Å². The number of nitrogens with zero attached hydrogens (tertiary/aromatic N) is 2. The molecule has 4 aromatic carbocycles. The molecule has 6 aromatic rings. The van der Waals surface area contributed by atoms with Crippen LogP contribution in [0.4, 0.5) is 0 Å². The molecule has 4 N–H and O–H groups in total. The lowest BCUT2D eigenvalue weighted by Gasteiger charge is -2.08. The van der Waals surface area contributed by atoms with E-state index in [1.807, 2.05) is 58.2 Å². The maximum absolute atomic E-state index is 9.68. The molecule has 42 heavy (non-hydrogen) atoms. The van der Waals surface area contributed by atoms with Crippen molar-refractivity contribution in [3.63, 3.8) is 0 Å². The molecule has 0 aliphatic rings. The molecule has 0 spiro atoms. The highest BCUT2D eigenvalue weighted by atomic mass is 16.4. The summed E-state index contributed by atoms with van der Waals surface area (Å²) >= 11 is 0. The zero-order chi connectivity index (χ0) is 29.1. The van der Waals surface area contributed by atoms with Gasteiger partial charge in [-0.1, -0.05) is 72.8 Å². The van der Waals surface area contributed by atoms with Gasteiger partial charge in [-0.05, 0) is 56.1 Å². The number of pyridine rings is 2. The Kier molecular flexibility index (Phi) is 7.95. The SMILES string of the molecule is OB(O)c1ccccc1C[n+]1ccc(-c2ccc3ccc(-c4cc[n+](Cc5ccccc5B(O)O)cc4)cc3c2)cc1. The fourth-order valence-electron chi connectivity index (χ4n) is 5.37. The number of hydrogen-bond donors (Lipinski definition) is 4. The van der Waals surface area contributed by atoms with E-state index in [-0.39, 0.29) is 0 Å². The van der Waals surface area contributed by atoms with Crippen LogP contribution in [-0.4, -0.2) is 34.3 Å². The van der Waals surface area contributed by atoms with Crippen molar-refractivity contribution in [3.05, 3.63) is 145 Å². The van der Waals surface area contributed by atoms with Gasteiger partial charge in [0.1, 0.15) is 0 Å². The molecule has 0 atom stereocenters. The Bertz CT molecular complexity index is 1710. The maximum atomic E-state index is 9.68. The highest BCUT2D eigenvalue weighted by molar-refractivity contribution is 6.59. The topological polar surface area (TPSA) is 88.7 Å². The Labute approximate surface area is 245 Å². The molecule has 0 fully saturated rings. The third-order valence-corrected chi connectivity index (χ3v) is 7.66. The highest BCUT2D eigenvalue weighted by Crippen LogP contribution is 2.28. The van der Waals surface area contributed by atoms with Crippen molar-refractivity contribution < 1.29 is 29.2 Å². The summed E-state index contributed by atoms with van der Waals surface area (Å²) in [6.45, 7) is 1.09. The van der Waals surface area contributed by atoms with E-state index in [0.29, 0.717) is 24.0 Å². The second-order valence-electron chi connectivity index (χ2n) is 10.4. The number of fused-ring (bicyclic) bond motifs is 1. The van der Waals surface area contributed by atoms with Crippen LogP contribution in [0.3, 0.4) is 0 Å². The first-order chi connectivity index (χ1) is 20.4. The van der Waals surface area contributed by atoms with Gasteiger partial charge in [-0.15, -0.1) is 0 Å². The quantitative estimate of drug-likeness (QED) is 0.172. The van der Waals surface area contributed by atoms with Crippen LogP contribution in [0.5, 0.6) is 0 Å². The zero-order valence-corrected chi connectivity index (χ0v) is 23.0. The highest BCUT2D eigenvalue weighted by Gasteiger charge is 2.19. The van der Waals surface area contributed by atoms with E-state index < -0.39 is 14.2 Å². The van der Waals surface area contributed by atoms with Gasteiger partial charge in [-0.2, -0.15) is 0 Å². The van der Waals surface area contributed by atoms with Gasteiger partial charge in [0.2, 0.25) is 0 Å². The predicted octanol–water partition coefficient (Wildman–Crippen LogP) is 2.21. The standard InChI is InChI=1S/C34H30B2N2O4/c39-35(40)33-7-3-1-5-30(33)23-37-17-13-26(14-18-37)28-11-9-25-10-12-29(22-32(25)21-28)27-15-19-38(20-16-27)24-31-6-2-4-8-34(31)36(41)42/h1-22,39-42H,23-24H2/q+2. The second kappa shape index (κ2) is 12.1. The maximum Gasteiger partial charge on any atom is 0.488 e. The van der Waals surface area contributed by atoms with Crippen LogP contribution in [-0.2, 0) is 13.1 Å². The van der Waals surface area contributed by atoms with Crippen molar-refractivity contribution in [3.8, 4) is 22.3 Å². The number of benzene rings is 4. The van der Waals surface area contributed by atoms with Crippen LogP contribution in [0.2, 0.25) is 0 Å². The molecule has 0 aliphatic heterocycles. The van der Waals surface area contributed by atoms with E-state index in [1.54, 1.807) is 24.3 Å². The van der Waals surface area contributed by atoms with Gasteiger partial charge >= 0.3 is 14.2 Å². The summed E-state index contributed by atoms with van der Waals surface area (Å²) in [5, 5.41) is 41.0. The van der Waals surface area contributed by atoms with E-state index in [0.717, 1.165) is 44.2 Å². The summed E-state index contributed by atoms with van der Waals surface area (Å²) in [7, 11) is -2.99. The van der Waals surface area contributed by atoms with Crippen LogP contribution in [0, 0.1) is 0 Å². The zero-order valence-electron chi connectivity index (χ0n) is 23.0. The van der Waals surface area contributed by atoms with Crippen LogP contribution in [0.1, 0.15) is 11.1 Å². The van der Waals surface area contributed by atoms with Crippen molar-refractivity contribution in [1.82, 2.24) is 0 Å². The molecule has 0 amide bonds. The third kappa shape index (κ3) is 6.03. The Balaban J connectivity index is 1.21. The third-order valence-electron chi connectivity index (χ3n) is 7.66. The van der Waals surface area contributed by atoms with Gasteiger partial charge in [0.05, 0.1) is 0 Å². The number of rotatable bonds is 8. The van der Waals surface area contributed by atoms with E-state index in [4.69, 9.17) is 0 Å². The molecule has 0 radical (unpaired) electrons. The summed E-state index contributed by atoms with van der Waals surface area (Å²) in [5.41, 5.74) is 7.19. The average molecular weight is 552 g/mol. The van der Waals surface area contributed by atoms with Gasteiger partial charge in [-0.25, -0.2) is 9.13 Å². The van der Waals surface area contributed by atoms with E-state index in [2.05, 4.69) is 60.7 Å². The first-order valence-electron chi connectivity index (χ1n) is 13.9. The minimum absolute atomic E-state index is 0.513. The summed E-state index contributed by atoms with van der Waals surface area (Å²) in [5.74, 6) is 0. The Morgan fingerprint density at radius 3 is 1.24 bits per heavy atom. The molecular formula is C34H30B2N2O4+2. The fraction of sp³-hybridized carbons (Fsp3) is 0.0588. The van der Waals surface area contributed by atoms with Gasteiger partial charge in [0.25, 0.3) is 0 Å². The fourth-order valence-corrected chi connectivity index (χ4v) is 5.37. The molecule has 204 valence electrons. The molecule has 2 aromatic heterocycles. The van der Waals surface area contributed by atoms with Gasteiger partial charge in [-0.3, -0.25) is 0 Å². The minimum Gasteiger partial charge on any atom is -0.423 e. The van der Waals surface area contributed by atoms with Gasteiger partial charge in [0.15, 0.2) is 37.9 Å². The Hall–Kier alpha value is -4.59. The Morgan fingerprint density at radius 1 is 0.429 bits per heavy atom. The van der Waals surface area contributed by atoms with Crippen LogP contribution < -0.4 is 20.1 Å². The van der Waals surface area contributed by atoms with E-state index >= 15 is 0 Å². The van der Waals surface area contributed by atoms with Crippen molar-refractivity contribution >= 4 is 35.9 Å². The van der Waals surface area contributed by atoms with E-state index in [9.17, 15) is 20.1 Å². The minimum atomic E-state index is -1.50. The largest absolute Gasteiger partial charge is 0.488 e. The second-order valence-corrected chi connectivity index (χ2v) is 10.4. The average Bonchev–Trinajstić information content (AvgIpc) is 3.01. The van der Waals surface area contributed by atoms with Gasteiger partial charge < -0.3 is 20.1 Å². The molecule has 0 unspecified atom stereocenters. The normalized spacial score (nSPS) is 11.0. The molecule has 2 heterocycles. The lowest BCUT2D eigenvalue weighted by molar-refractivity contribution is -0.688. The summed E-state index contributed by atoms with van der Waals surface area (Å²) in [4.78, 5) is 0. The van der Waals surface area contributed by atoms with Crippen LogP contribution >= 0.6 is 0 Å². The predicted molar refractivity (Wildman–Crippen MR) is 166 cm³/mol. The molecule has 0 aliphatic carbocycles. The van der Waals surface area contributed by atoms with Crippen molar-refractivity contribution in [1.29, 1.82) is 0 Å². The van der Waals surface area contributed by atoms with Crippen LogP contribution in [0.15, 0.2) is 134 Å². The van der Waals surface area contributed by atoms with Crippen LogP contribution in [0.25, 0.3) is 33.0 Å².